The lowest BCUT2D eigenvalue weighted by Crippen LogP contribution is -2.30. The fraction of sp³-hybridized carbons (Fsp3) is 0.179. The van der Waals surface area contributed by atoms with Crippen molar-refractivity contribution in [2.75, 3.05) is 0 Å². The van der Waals surface area contributed by atoms with Crippen LogP contribution >= 0.6 is 12.2 Å². The van der Waals surface area contributed by atoms with Gasteiger partial charge in [0.2, 0.25) is 0 Å². The number of carbonyl (C=O) groups excluding carboxylic acids is 1. The number of hydrogen-bond donors (Lipinski definition) is 3. The molecule has 0 aliphatic heterocycles. The molecule has 1 aliphatic rings. The van der Waals surface area contributed by atoms with Crippen LogP contribution in [0.3, 0.4) is 0 Å². The molecule has 7 nitrogen and oxygen atoms in total. The lowest BCUT2D eigenvalue weighted by Gasteiger charge is -2.23. The van der Waals surface area contributed by atoms with Gasteiger partial charge in [0.05, 0.1) is 17.6 Å². The maximum Gasteiger partial charge on any atom is 0.254 e. The highest BCUT2D eigenvalue weighted by atomic mass is 32.1. The van der Waals surface area contributed by atoms with E-state index in [4.69, 9.17) is 34.1 Å². The minimum Gasteiger partial charge on any atom is -0.384 e. The van der Waals surface area contributed by atoms with E-state index in [1.54, 1.807) is 0 Å². The summed E-state index contributed by atoms with van der Waals surface area (Å²) < 4.78 is 2.23. The van der Waals surface area contributed by atoms with Crippen LogP contribution in [0.4, 0.5) is 0 Å². The average molecular weight is 639 g/mol. The van der Waals surface area contributed by atoms with Gasteiger partial charge >= 0.3 is 0 Å². The lowest BCUT2D eigenvalue weighted by molar-refractivity contribution is 0.0730. The number of nitrogens with one attached hydrogen (secondary N) is 1. The van der Waals surface area contributed by atoms with E-state index in [0.29, 0.717) is 43.7 Å². The van der Waals surface area contributed by atoms with Gasteiger partial charge in [-0.25, -0.2) is 4.98 Å². The molecule has 5 aromatic rings. The van der Waals surface area contributed by atoms with Gasteiger partial charge in [-0.15, -0.1) is 0 Å². The van der Waals surface area contributed by atoms with E-state index in [2.05, 4.69) is 22.8 Å². The number of thiocarbonyl (C=S) groups is 1. The van der Waals surface area contributed by atoms with Gasteiger partial charge in [-0.1, -0.05) is 109 Å². The summed E-state index contributed by atoms with van der Waals surface area (Å²) in [4.78, 5) is 22.1. The van der Waals surface area contributed by atoms with Crippen molar-refractivity contribution >= 4 is 39.9 Å². The number of benzene rings is 4. The maximum atomic E-state index is 14.2. The topological polar surface area (TPSA) is 114 Å². The van der Waals surface area contributed by atoms with Crippen molar-refractivity contribution in [3.63, 3.8) is 0 Å². The number of nitrogens with zero attached hydrogens (tertiary/aromatic N) is 3. The zero-order chi connectivity index (χ0) is 32.8. The molecule has 6 rings (SSSR count). The Kier molecular flexibility index (Phi) is 9.80. The largest absolute Gasteiger partial charge is 0.384 e. The zero-order valence-electron chi connectivity index (χ0n) is 26.2. The quantitative estimate of drug-likeness (QED) is 0.0803. The molecule has 4 aromatic carbocycles. The number of imidazole rings is 1. The number of rotatable bonds is 12. The molecule has 1 amide bonds. The van der Waals surface area contributed by atoms with Gasteiger partial charge in [-0.05, 0) is 52.4 Å². The molecule has 0 radical (unpaired) electrons. The molecule has 5 N–H and O–H groups in total. The van der Waals surface area contributed by atoms with Crippen molar-refractivity contribution in [3.8, 4) is 0 Å². The van der Waals surface area contributed by atoms with E-state index >= 15 is 0 Å². The average Bonchev–Trinajstić information content (AvgIpc) is 3.44. The molecule has 0 saturated heterocycles. The number of nitrogens with two attached hydrogens (primary N) is 2. The Bertz CT molecular complexity index is 1970. The molecule has 1 aliphatic carbocycles. The van der Waals surface area contributed by atoms with Crippen LogP contribution in [-0.4, -0.2) is 31.1 Å². The highest BCUT2D eigenvalue weighted by Gasteiger charge is 2.20. The van der Waals surface area contributed by atoms with Crippen LogP contribution in [0, 0.1) is 5.41 Å². The smallest absolute Gasteiger partial charge is 0.254 e. The Labute approximate surface area is 280 Å². The highest BCUT2D eigenvalue weighted by Crippen LogP contribution is 2.25. The first-order valence-corrected chi connectivity index (χ1v) is 16.2. The molecule has 0 fully saturated rings. The van der Waals surface area contributed by atoms with Crippen LogP contribution in [0.15, 0.2) is 121 Å². The second kappa shape index (κ2) is 14.5. The van der Waals surface area contributed by atoms with E-state index in [-0.39, 0.29) is 11.7 Å². The Morgan fingerprint density at radius 1 is 0.851 bits per heavy atom. The highest BCUT2D eigenvalue weighted by molar-refractivity contribution is 7.80. The van der Waals surface area contributed by atoms with Gasteiger partial charge in [-0.2, -0.15) is 0 Å². The molecule has 0 saturated carbocycles. The first-order valence-electron chi connectivity index (χ1n) is 15.8. The predicted octanol–water partition coefficient (Wildman–Crippen LogP) is 6.66. The van der Waals surface area contributed by atoms with Gasteiger partial charge in [0.25, 0.3) is 5.91 Å². The summed E-state index contributed by atoms with van der Waals surface area (Å²) >= 11 is 5.71. The first-order chi connectivity index (χ1) is 22.9. The van der Waals surface area contributed by atoms with Gasteiger partial charge < -0.3 is 20.9 Å². The molecule has 1 heterocycles. The lowest BCUT2D eigenvalue weighted by atomic mass is 10.0. The third kappa shape index (κ3) is 7.62. The normalized spacial score (nSPS) is 12.7. The minimum atomic E-state index is -0.0541. The number of aryl methyl sites for hydroxylation is 2. The first kappa shape index (κ1) is 31.8. The number of amidine groups is 1. The van der Waals surface area contributed by atoms with Crippen LogP contribution in [0.1, 0.15) is 50.4 Å². The molecule has 0 unspecified atom stereocenters. The molecule has 0 atom stereocenters. The molecular weight excluding hydrogens is 601 g/mol. The number of carbonyl (C=O) groups is 1. The van der Waals surface area contributed by atoms with E-state index in [1.165, 1.54) is 0 Å². The van der Waals surface area contributed by atoms with Gasteiger partial charge in [0.15, 0.2) is 0 Å². The van der Waals surface area contributed by atoms with Crippen molar-refractivity contribution in [1.29, 1.82) is 5.41 Å². The Morgan fingerprint density at radius 3 is 2.19 bits per heavy atom. The third-order valence-corrected chi connectivity index (χ3v) is 8.96. The van der Waals surface area contributed by atoms with Crippen LogP contribution in [-0.2, 0) is 39.0 Å². The van der Waals surface area contributed by atoms with E-state index < -0.39 is 0 Å². The molecule has 1 aromatic heterocycles. The van der Waals surface area contributed by atoms with Gasteiger partial charge in [0, 0.05) is 48.5 Å². The SMILES string of the molecule is N=C(N)c1ccc(CCc2nc3cc(C(=O)N(Cc4ccccc4)Cc4ccc(CN)cc4)ccc3n2CC2=CC=CCC2=S)cc1. The molecule has 0 spiro atoms. The standard InChI is InChI=1S/C39H38N6OS/c40-23-28-10-12-30(13-11-28)25-44(24-29-6-2-1-3-7-29)39(46)32-19-20-35-34(22-32)43-37(45(35)26-33-8-4-5-9-36(33)47)21-16-27-14-17-31(18-15-27)38(41)42/h1-8,10-15,17-20,22H,9,16,21,23-26,40H2,(H3,41,42). The maximum absolute atomic E-state index is 14.2. The summed E-state index contributed by atoms with van der Waals surface area (Å²) in [5, 5.41) is 7.68. The summed E-state index contributed by atoms with van der Waals surface area (Å²) in [6, 6.07) is 31.8. The Hall–Kier alpha value is -5.18. The van der Waals surface area contributed by atoms with Crippen molar-refractivity contribution in [1.82, 2.24) is 14.5 Å². The molecular formula is C39H38N6OS. The number of aromatic nitrogens is 2. The van der Waals surface area contributed by atoms with Crippen molar-refractivity contribution < 1.29 is 4.79 Å². The Morgan fingerprint density at radius 2 is 1.51 bits per heavy atom. The fourth-order valence-corrected chi connectivity index (χ4v) is 6.10. The number of fused-ring (bicyclic) bond motifs is 1. The number of allylic oxidation sites excluding steroid dienone is 4. The molecule has 47 heavy (non-hydrogen) atoms. The summed E-state index contributed by atoms with van der Waals surface area (Å²) in [5.74, 6) is 0.933. The summed E-state index contributed by atoms with van der Waals surface area (Å²) in [7, 11) is 0. The predicted molar refractivity (Wildman–Crippen MR) is 193 cm³/mol. The summed E-state index contributed by atoms with van der Waals surface area (Å²) in [5.41, 5.74) is 19.9. The number of nitrogen functional groups attached to an aromatic ring is 1. The van der Waals surface area contributed by atoms with Crippen molar-refractivity contribution in [3.05, 3.63) is 160 Å². The second-order valence-corrected chi connectivity index (χ2v) is 12.3. The van der Waals surface area contributed by atoms with Crippen LogP contribution in [0.2, 0.25) is 0 Å². The van der Waals surface area contributed by atoms with Crippen LogP contribution < -0.4 is 11.5 Å². The molecule has 8 heteroatoms. The Balaban J connectivity index is 1.32. The van der Waals surface area contributed by atoms with E-state index in [0.717, 1.165) is 62.4 Å². The van der Waals surface area contributed by atoms with Gasteiger partial charge in [-0.3, -0.25) is 10.2 Å². The van der Waals surface area contributed by atoms with E-state index in [9.17, 15) is 4.79 Å². The third-order valence-electron chi connectivity index (χ3n) is 8.54. The fourth-order valence-electron chi connectivity index (χ4n) is 5.87. The summed E-state index contributed by atoms with van der Waals surface area (Å²) in [6.07, 6.45) is 8.45. The van der Waals surface area contributed by atoms with E-state index in [1.807, 2.05) is 102 Å². The van der Waals surface area contributed by atoms with Crippen LogP contribution in [0.5, 0.6) is 0 Å². The summed E-state index contributed by atoms with van der Waals surface area (Å²) in [6.45, 7) is 2.05. The monoisotopic (exact) mass is 638 g/mol. The number of amides is 1. The molecule has 0 bridgehead atoms. The molecule has 236 valence electrons. The zero-order valence-corrected chi connectivity index (χ0v) is 27.0. The minimum absolute atomic E-state index is 0.0541. The van der Waals surface area contributed by atoms with Crippen molar-refractivity contribution in [2.45, 2.75) is 45.4 Å². The number of hydrogen-bond acceptors (Lipinski definition) is 5. The van der Waals surface area contributed by atoms with Crippen LogP contribution in [0.25, 0.3) is 11.0 Å². The van der Waals surface area contributed by atoms with Crippen molar-refractivity contribution in [2.24, 2.45) is 11.5 Å². The van der Waals surface area contributed by atoms with Gasteiger partial charge in [0.1, 0.15) is 11.7 Å². The second-order valence-electron chi connectivity index (χ2n) is 11.8.